The number of rotatable bonds is 11. The minimum absolute atomic E-state index is 0. The van der Waals surface area contributed by atoms with Gasteiger partial charge >= 0.3 is 12.2 Å². The van der Waals surface area contributed by atoms with Crippen molar-refractivity contribution in [3.05, 3.63) is 82.4 Å². The van der Waals surface area contributed by atoms with Gasteiger partial charge in [0.2, 0.25) is 18.0 Å². The van der Waals surface area contributed by atoms with Gasteiger partial charge in [-0.3, -0.25) is 24.1 Å². The number of aliphatic imine (C=N–C) groups is 2. The molecule has 2 aromatic carbocycles. The molecule has 2 fully saturated rings. The average Bonchev–Trinajstić information content (AvgIpc) is 4.16. The first kappa shape index (κ1) is 56.0. The largest absolute Gasteiger partial charge is 0.464 e. The van der Waals surface area contributed by atoms with Crippen molar-refractivity contribution < 1.29 is 37.8 Å². The van der Waals surface area contributed by atoms with Gasteiger partial charge in [-0.2, -0.15) is 58.4 Å². The van der Waals surface area contributed by atoms with E-state index in [9.17, 15) is 19.2 Å². The number of carbonyl (C=O) groups excluding carboxylic acids is 4. The fraction of sp³-hybridized carbons (Fsp3) is 0.449. The Morgan fingerprint density at radius 1 is 0.757 bits per heavy atom. The molecule has 0 bridgehead atoms. The predicted molar refractivity (Wildman–Crippen MR) is 292 cm³/mol. The summed E-state index contributed by atoms with van der Waals surface area (Å²) in [5, 5.41) is 6.33. The van der Waals surface area contributed by atoms with Crippen molar-refractivity contribution >= 4 is 123 Å². The number of likely N-dealkylation sites (tertiary alicyclic amines) is 2. The second-order valence-corrected chi connectivity index (χ2v) is 19.2. The van der Waals surface area contributed by atoms with Crippen LogP contribution in [0.4, 0.5) is 14.0 Å². The molecule has 2 N–H and O–H groups in total. The standard InChI is InChI=1S/C49H55FN8O7S.4H2S/c1-25(2)43(53-48(61)63-6)45(59)56-14-8-10-37(56)34-19-31(23-51-34)28-12-13-36-30(17-28)21-39-42-33(50)18-29(22-40(42)65-47(58(36)39)41-16-27(5)55-66-41)32-20-35(52-24-32)38-11-9-15-57(38)46(60)44(26(3)4)54-49(62)64-7;;;;/h12-13,16-18,21-26,37-38,43-44,47H,8-11,14-15,19-20H2,1-7H3,(H,53,61)(H,54,62);4*1H2/t37-,38-,43-,44-,47?;;;;/m0..../s1. The van der Waals surface area contributed by atoms with Crippen LogP contribution in [0.1, 0.15) is 94.1 Å². The van der Waals surface area contributed by atoms with Gasteiger partial charge in [-0.25, -0.2) is 14.0 Å². The third kappa shape index (κ3) is 10.6. The summed E-state index contributed by atoms with van der Waals surface area (Å²) in [4.78, 5) is 66.0. The van der Waals surface area contributed by atoms with Crippen molar-refractivity contribution in [1.29, 1.82) is 0 Å². The maximum atomic E-state index is 16.8. The summed E-state index contributed by atoms with van der Waals surface area (Å²) in [5.41, 5.74) is 7.94. The Morgan fingerprint density at radius 2 is 1.30 bits per heavy atom. The molecule has 9 rings (SSSR count). The topological polar surface area (TPSA) is 169 Å². The Labute approximate surface area is 439 Å². The Bertz CT molecular complexity index is 2770. The summed E-state index contributed by atoms with van der Waals surface area (Å²) in [6, 6.07) is 11.8. The predicted octanol–water partition coefficient (Wildman–Crippen LogP) is 8.72. The highest BCUT2D eigenvalue weighted by Crippen LogP contribution is 2.48. The van der Waals surface area contributed by atoms with E-state index in [2.05, 4.69) is 27.1 Å². The quantitative estimate of drug-likeness (QED) is 0.150. The van der Waals surface area contributed by atoms with E-state index in [4.69, 9.17) is 24.2 Å². The Balaban J connectivity index is 0.00000228. The molecule has 0 aliphatic carbocycles. The van der Waals surface area contributed by atoms with Crippen molar-refractivity contribution in [3.8, 4) is 17.0 Å². The highest BCUT2D eigenvalue weighted by molar-refractivity contribution is 7.59. The Morgan fingerprint density at radius 3 is 1.80 bits per heavy atom. The number of nitrogens with zero attached hydrogens (tertiary/aromatic N) is 6. The van der Waals surface area contributed by atoms with Gasteiger partial charge in [0.25, 0.3) is 0 Å². The number of alkyl carbamates (subject to hydrolysis) is 2. The highest BCUT2D eigenvalue weighted by atomic mass is 32.1. The van der Waals surface area contributed by atoms with Crippen LogP contribution in [0.25, 0.3) is 33.3 Å². The van der Waals surface area contributed by atoms with Gasteiger partial charge in [0, 0.05) is 55.1 Å². The molecule has 7 heterocycles. The molecule has 5 atom stereocenters. The summed E-state index contributed by atoms with van der Waals surface area (Å²) >= 11 is 1.35. The minimum Gasteiger partial charge on any atom is -0.464 e. The lowest BCUT2D eigenvalue weighted by Gasteiger charge is -2.31. The lowest BCUT2D eigenvalue weighted by atomic mass is 9.95. The number of aryl methyl sites for hydroxylation is 1. The van der Waals surface area contributed by atoms with Crippen molar-refractivity contribution in [2.24, 2.45) is 21.8 Å². The molecule has 5 aliphatic heterocycles. The highest BCUT2D eigenvalue weighted by Gasteiger charge is 2.41. The lowest BCUT2D eigenvalue weighted by Crippen LogP contribution is -2.53. The summed E-state index contributed by atoms with van der Waals surface area (Å²) in [5.74, 6) is -0.627. The molecule has 2 aromatic heterocycles. The van der Waals surface area contributed by atoms with E-state index < -0.39 is 36.3 Å². The third-order valence-electron chi connectivity index (χ3n) is 13.4. The van der Waals surface area contributed by atoms with Crippen molar-refractivity contribution in [1.82, 2.24) is 29.4 Å². The molecular formula is C49H63FN8O7S5. The van der Waals surface area contributed by atoms with Gasteiger partial charge in [0.15, 0.2) is 0 Å². The number of ether oxygens (including phenoxy) is 3. The molecule has 0 radical (unpaired) electrons. The molecule has 15 nitrogen and oxygen atoms in total. The zero-order valence-electron chi connectivity index (χ0n) is 40.2. The minimum atomic E-state index is -0.743. The van der Waals surface area contributed by atoms with Gasteiger partial charge in [-0.05, 0) is 115 Å². The summed E-state index contributed by atoms with van der Waals surface area (Å²) in [6.45, 7) is 10.6. The smallest absolute Gasteiger partial charge is 0.407 e. The van der Waals surface area contributed by atoms with E-state index in [-0.39, 0.29) is 89.7 Å². The van der Waals surface area contributed by atoms with Gasteiger partial charge in [-0.15, -0.1) is 0 Å². The SMILES string of the molecule is COC(=O)N[C@H](C(=O)N1CCC[C@H]1C1=NC=C(c2cc(F)c3c(c2)OC(c2cc(C)ns2)n2c-3cc3cc(C4=CN=C([C@@H]5CCCN5C(=O)[C@@H](NC(=O)OC)C(C)C)C4)ccc32)C1)C(C)C.S.S.S.S. The molecular weight excluding hydrogens is 992 g/mol. The number of allylic oxidation sites excluding steroid dienone is 2. The number of hydrogen-bond donors (Lipinski definition) is 2. The maximum absolute atomic E-state index is 16.8. The van der Waals surface area contributed by atoms with Crippen molar-refractivity contribution in [2.75, 3.05) is 27.3 Å². The number of hydrogen-bond acceptors (Lipinski definition) is 11. The van der Waals surface area contributed by atoms with Crippen LogP contribution < -0.4 is 15.4 Å². The van der Waals surface area contributed by atoms with Crippen LogP contribution in [0.2, 0.25) is 0 Å². The first-order valence-electron chi connectivity index (χ1n) is 22.6. The van der Waals surface area contributed by atoms with Crippen LogP contribution in [0.15, 0.2) is 64.8 Å². The zero-order valence-corrected chi connectivity index (χ0v) is 45.0. The van der Waals surface area contributed by atoms with Crippen LogP contribution in [0.5, 0.6) is 5.75 Å². The van der Waals surface area contributed by atoms with Crippen molar-refractivity contribution in [2.45, 2.75) is 104 Å². The van der Waals surface area contributed by atoms with Crippen LogP contribution in [-0.4, -0.2) is 106 Å². The fourth-order valence-electron chi connectivity index (χ4n) is 10.0. The number of fused-ring (bicyclic) bond motifs is 5. The normalized spacial score (nSPS) is 19.7. The molecule has 5 aliphatic rings. The van der Waals surface area contributed by atoms with E-state index in [0.29, 0.717) is 48.5 Å². The molecule has 70 heavy (non-hydrogen) atoms. The number of halogens is 1. The number of methoxy groups -OCH3 is 2. The second kappa shape index (κ2) is 23.1. The van der Waals surface area contributed by atoms with Gasteiger partial charge in [0.1, 0.15) is 23.7 Å². The zero-order chi connectivity index (χ0) is 46.6. The van der Waals surface area contributed by atoms with E-state index in [0.717, 1.165) is 75.3 Å². The first-order chi connectivity index (χ1) is 31.7. The summed E-state index contributed by atoms with van der Waals surface area (Å²) < 4.78 is 39.8. The maximum Gasteiger partial charge on any atom is 0.407 e. The number of aromatic nitrogens is 2. The van der Waals surface area contributed by atoms with Crippen LogP contribution >= 0.6 is 65.5 Å². The third-order valence-corrected chi connectivity index (χ3v) is 14.3. The van der Waals surface area contributed by atoms with Crippen LogP contribution in [0, 0.1) is 24.6 Å². The fourth-order valence-corrected chi connectivity index (χ4v) is 10.8. The van der Waals surface area contributed by atoms with Gasteiger partial charge in [-0.1, -0.05) is 33.8 Å². The average molecular weight is 1060 g/mol. The number of nitrogens with one attached hydrogen (secondary N) is 2. The van der Waals surface area contributed by atoms with E-state index in [1.165, 1.54) is 31.8 Å². The number of benzene rings is 2. The van der Waals surface area contributed by atoms with Crippen LogP contribution in [-0.2, 0) is 19.1 Å². The van der Waals surface area contributed by atoms with Crippen molar-refractivity contribution in [3.63, 3.8) is 0 Å². The van der Waals surface area contributed by atoms with E-state index in [1.54, 1.807) is 11.1 Å². The van der Waals surface area contributed by atoms with Gasteiger partial charge in [0.05, 0.1) is 53.6 Å². The van der Waals surface area contributed by atoms with E-state index in [1.807, 2.05) is 74.6 Å². The molecule has 4 aromatic rings. The summed E-state index contributed by atoms with van der Waals surface area (Å²) in [6.07, 6.45) is 5.90. The number of carbonyl (C=O) groups is 4. The molecule has 378 valence electrons. The monoisotopic (exact) mass is 1050 g/mol. The van der Waals surface area contributed by atoms with E-state index >= 15 is 4.39 Å². The lowest BCUT2D eigenvalue weighted by molar-refractivity contribution is -0.134. The summed E-state index contributed by atoms with van der Waals surface area (Å²) in [7, 11) is 2.56. The molecule has 21 heteroatoms. The molecule has 1 unspecified atom stereocenters. The Kier molecular flexibility index (Phi) is 18.4. The Hall–Kier alpha value is -4.96. The first-order valence-corrected chi connectivity index (χ1v) is 23.4. The molecule has 0 saturated carbocycles. The number of amides is 4. The molecule has 0 spiro atoms. The second-order valence-electron chi connectivity index (χ2n) is 18.3. The molecule has 2 saturated heterocycles. The molecule has 4 amide bonds. The van der Waals surface area contributed by atoms with Crippen LogP contribution in [0.3, 0.4) is 0 Å². The van der Waals surface area contributed by atoms with Gasteiger partial charge < -0.3 is 34.6 Å².